The number of ether oxygens (including phenoxy) is 1. The summed E-state index contributed by atoms with van der Waals surface area (Å²) in [6, 6.07) is 11.5. The summed E-state index contributed by atoms with van der Waals surface area (Å²) in [6.07, 6.45) is 0.758. The van der Waals surface area contributed by atoms with Crippen molar-refractivity contribution in [2.24, 2.45) is 0 Å². The second-order valence-corrected chi connectivity index (χ2v) is 8.04. The molecule has 0 saturated carbocycles. The van der Waals surface area contributed by atoms with Crippen molar-refractivity contribution >= 4 is 29.4 Å². The van der Waals surface area contributed by atoms with Gasteiger partial charge in [-0.1, -0.05) is 36.8 Å². The summed E-state index contributed by atoms with van der Waals surface area (Å²) in [4.78, 5) is 39.1. The number of benzene rings is 2. The van der Waals surface area contributed by atoms with Crippen LogP contribution in [0.2, 0.25) is 0 Å². The number of allylic oxidation sites excluding steroid dienone is 1. The van der Waals surface area contributed by atoms with Gasteiger partial charge in [-0.15, -0.1) is 0 Å². The van der Waals surface area contributed by atoms with Gasteiger partial charge in [0.2, 0.25) is 0 Å². The second kappa shape index (κ2) is 10.2. The Morgan fingerprint density at radius 2 is 1.76 bits per heavy atom. The van der Waals surface area contributed by atoms with E-state index >= 15 is 0 Å². The van der Waals surface area contributed by atoms with E-state index in [0.717, 1.165) is 23.2 Å². The number of nitrogens with one attached hydrogen (secondary N) is 3. The SMILES string of the molecule is CCCN1C(=O)N[C@@H](c2ccc(NC(=O)Nc3ccc(C)cc3C)cc2)C(C(=O)OC)=C1C. The number of esters is 1. The Bertz CT molecular complexity index is 1090. The largest absolute Gasteiger partial charge is 0.466 e. The molecule has 0 spiro atoms. The molecule has 0 fully saturated rings. The molecule has 0 radical (unpaired) electrons. The van der Waals surface area contributed by atoms with Crippen LogP contribution in [0.15, 0.2) is 53.7 Å². The minimum atomic E-state index is -0.642. The van der Waals surface area contributed by atoms with Gasteiger partial charge in [0.1, 0.15) is 0 Å². The predicted octanol–water partition coefficient (Wildman–Crippen LogP) is 4.87. The number of nitrogens with zero attached hydrogens (tertiary/aromatic N) is 1. The average Bonchev–Trinajstić information content (AvgIpc) is 2.78. The highest BCUT2D eigenvalue weighted by molar-refractivity contribution is 6.00. The highest BCUT2D eigenvalue weighted by Gasteiger charge is 2.35. The Morgan fingerprint density at radius 3 is 2.36 bits per heavy atom. The highest BCUT2D eigenvalue weighted by atomic mass is 16.5. The standard InChI is InChI=1S/C25H30N4O4/c1-6-13-29-17(4)21(23(30)33-5)22(28-25(29)32)18-8-10-19(11-9-18)26-24(31)27-20-12-7-15(2)14-16(20)3/h7-12,14,22H,6,13H2,1-5H3,(H,28,32)(H2,26,27,31)/t22-/m0/s1. The molecule has 1 heterocycles. The van der Waals surface area contributed by atoms with Crippen molar-refractivity contribution in [1.82, 2.24) is 10.2 Å². The lowest BCUT2D eigenvalue weighted by molar-refractivity contribution is -0.136. The van der Waals surface area contributed by atoms with Gasteiger partial charge in [0.25, 0.3) is 0 Å². The topological polar surface area (TPSA) is 99.8 Å². The molecular weight excluding hydrogens is 420 g/mol. The van der Waals surface area contributed by atoms with Gasteiger partial charge in [0.05, 0.1) is 18.7 Å². The van der Waals surface area contributed by atoms with Crippen LogP contribution in [0.1, 0.15) is 43.0 Å². The number of hydrogen-bond donors (Lipinski definition) is 3. The van der Waals surface area contributed by atoms with Crippen LogP contribution < -0.4 is 16.0 Å². The molecule has 0 aliphatic carbocycles. The van der Waals surface area contributed by atoms with Crippen molar-refractivity contribution < 1.29 is 19.1 Å². The average molecular weight is 451 g/mol. The van der Waals surface area contributed by atoms with E-state index in [0.29, 0.717) is 29.1 Å². The van der Waals surface area contributed by atoms with E-state index in [1.807, 2.05) is 39.0 Å². The van der Waals surface area contributed by atoms with E-state index in [4.69, 9.17) is 4.74 Å². The van der Waals surface area contributed by atoms with Crippen molar-refractivity contribution in [1.29, 1.82) is 0 Å². The molecule has 3 rings (SSSR count). The maximum absolute atomic E-state index is 12.6. The molecule has 0 aromatic heterocycles. The third-order valence-electron chi connectivity index (χ3n) is 5.58. The first-order valence-electron chi connectivity index (χ1n) is 10.9. The number of amides is 4. The zero-order valence-corrected chi connectivity index (χ0v) is 19.6. The lowest BCUT2D eigenvalue weighted by Crippen LogP contribution is -2.48. The van der Waals surface area contributed by atoms with Gasteiger partial charge < -0.3 is 20.7 Å². The van der Waals surface area contributed by atoms with Crippen molar-refractivity contribution in [2.75, 3.05) is 24.3 Å². The lowest BCUT2D eigenvalue weighted by atomic mass is 9.94. The van der Waals surface area contributed by atoms with E-state index in [1.54, 1.807) is 36.1 Å². The molecule has 1 aliphatic rings. The number of methoxy groups -OCH3 is 1. The zero-order valence-electron chi connectivity index (χ0n) is 19.6. The molecule has 1 aliphatic heterocycles. The van der Waals surface area contributed by atoms with Gasteiger partial charge in [-0.2, -0.15) is 0 Å². The molecule has 0 bridgehead atoms. The number of anilines is 2. The van der Waals surface area contributed by atoms with Gasteiger partial charge in [-0.05, 0) is 56.5 Å². The fraction of sp³-hybridized carbons (Fsp3) is 0.320. The van der Waals surface area contributed by atoms with E-state index in [-0.39, 0.29) is 12.1 Å². The Labute approximate surface area is 194 Å². The van der Waals surface area contributed by atoms with Crippen molar-refractivity contribution in [3.63, 3.8) is 0 Å². The molecule has 8 nitrogen and oxygen atoms in total. The highest BCUT2D eigenvalue weighted by Crippen LogP contribution is 2.32. The fourth-order valence-electron chi connectivity index (χ4n) is 3.90. The van der Waals surface area contributed by atoms with Gasteiger partial charge in [-0.3, -0.25) is 4.90 Å². The smallest absolute Gasteiger partial charge is 0.337 e. The summed E-state index contributed by atoms with van der Waals surface area (Å²) in [5.74, 6) is -0.492. The molecule has 8 heteroatoms. The molecule has 4 amide bonds. The molecule has 33 heavy (non-hydrogen) atoms. The Balaban J connectivity index is 1.78. The van der Waals surface area contributed by atoms with Crippen LogP contribution in [0.25, 0.3) is 0 Å². The minimum absolute atomic E-state index is 0.262. The third kappa shape index (κ3) is 5.34. The van der Waals surface area contributed by atoms with Crippen LogP contribution in [-0.2, 0) is 9.53 Å². The minimum Gasteiger partial charge on any atom is -0.466 e. The summed E-state index contributed by atoms with van der Waals surface area (Å²) in [5, 5.41) is 8.54. The van der Waals surface area contributed by atoms with Gasteiger partial charge in [0, 0.05) is 23.6 Å². The molecule has 2 aromatic rings. The number of aryl methyl sites for hydroxylation is 2. The van der Waals surface area contributed by atoms with Crippen LogP contribution in [-0.4, -0.2) is 36.6 Å². The number of rotatable bonds is 6. The molecular formula is C25H30N4O4. The Hall–Kier alpha value is -3.81. The van der Waals surface area contributed by atoms with E-state index in [2.05, 4.69) is 16.0 Å². The summed E-state index contributed by atoms with van der Waals surface area (Å²) in [5.41, 5.74) is 5.09. The second-order valence-electron chi connectivity index (χ2n) is 8.04. The van der Waals surface area contributed by atoms with Crippen LogP contribution in [0.4, 0.5) is 21.0 Å². The van der Waals surface area contributed by atoms with Crippen LogP contribution in [0.5, 0.6) is 0 Å². The molecule has 0 saturated heterocycles. The summed E-state index contributed by atoms with van der Waals surface area (Å²) < 4.78 is 4.98. The predicted molar refractivity (Wildman–Crippen MR) is 128 cm³/mol. The van der Waals surface area contributed by atoms with Crippen molar-refractivity contribution in [2.45, 2.75) is 40.2 Å². The molecule has 3 N–H and O–H groups in total. The van der Waals surface area contributed by atoms with Gasteiger partial charge in [0.15, 0.2) is 0 Å². The van der Waals surface area contributed by atoms with E-state index in [9.17, 15) is 14.4 Å². The first-order chi connectivity index (χ1) is 15.7. The number of carbonyl (C=O) groups is 3. The Morgan fingerprint density at radius 1 is 1.06 bits per heavy atom. The summed E-state index contributed by atoms with van der Waals surface area (Å²) in [6.45, 7) is 8.15. The normalized spacial score (nSPS) is 15.7. The first kappa shape index (κ1) is 23.8. The maximum atomic E-state index is 12.6. The third-order valence-corrected chi connectivity index (χ3v) is 5.58. The number of urea groups is 2. The summed E-state index contributed by atoms with van der Waals surface area (Å²) in [7, 11) is 1.32. The monoisotopic (exact) mass is 450 g/mol. The van der Waals surface area contributed by atoms with Crippen molar-refractivity contribution in [3.8, 4) is 0 Å². The van der Waals surface area contributed by atoms with Crippen LogP contribution in [0.3, 0.4) is 0 Å². The van der Waals surface area contributed by atoms with E-state index in [1.165, 1.54) is 7.11 Å². The van der Waals surface area contributed by atoms with Crippen LogP contribution in [0, 0.1) is 13.8 Å². The van der Waals surface area contributed by atoms with Gasteiger partial charge >= 0.3 is 18.0 Å². The quantitative estimate of drug-likeness (QED) is 0.547. The van der Waals surface area contributed by atoms with E-state index < -0.39 is 12.0 Å². The van der Waals surface area contributed by atoms with Gasteiger partial charge in [-0.25, -0.2) is 14.4 Å². The number of hydrogen-bond acceptors (Lipinski definition) is 4. The molecule has 1 atom stereocenters. The zero-order chi connectivity index (χ0) is 24.1. The lowest BCUT2D eigenvalue weighted by Gasteiger charge is -2.35. The fourth-order valence-corrected chi connectivity index (χ4v) is 3.90. The van der Waals surface area contributed by atoms with Crippen molar-refractivity contribution in [3.05, 3.63) is 70.4 Å². The molecule has 0 unspecified atom stereocenters. The summed E-state index contributed by atoms with van der Waals surface area (Å²) >= 11 is 0. The Kier molecular flexibility index (Phi) is 7.37. The molecule has 2 aromatic carbocycles. The van der Waals surface area contributed by atoms with Crippen LogP contribution >= 0.6 is 0 Å². The first-order valence-corrected chi connectivity index (χ1v) is 10.9. The molecule has 174 valence electrons. The maximum Gasteiger partial charge on any atom is 0.337 e. The number of carbonyl (C=O) groups excluding carboxylic acids is 3.